The van der Waals surface area contributed by atoms with Crippen molar-refractivity contribution in [3.8, 4) is 0 Å². The summed E-state index contributed by atoms with van der Waals surface area (Å²) >= 11 is 0. The van der Waals surface area contributed by atoms with Crippen molar-refractivity contribution >= 4 is 11.4 Å². The summed E-state index contributed by atoms with van der Waals surface area (Å²) in [6.45, 7) is 7.42. The molecule has 2 rings (SSSR count). The van der Waals surface area contributed by atoms with Gasteiger partial charge in [-0.2, -0.15) is 0 Å². The molecule has 2 aromatic carbocycles. The van der Waals surface area contributed by atoms with Crippen molar-refractivity contribution in [1.29, 1.82) is 0 Å². The molecule has 0 N–H and O–H groups in total. The predicted molar refractivity (Wildman–Crippen MR) is 88.1 cm³/mol. The Labute approximate surface area is 122 Å². The van der Waals surface area contributed by atoms with Gasteiger partial charge < -0.3 is 9.80 Å². The fourth-order valence-electron chi connectivity index (χ4n) is 2.22. The number of hydrogen-bond acceptors (Lipinski definition) is 2. The fourth-order valence-corrected chi connectivity index (χ4v) is 2.22. The van der Waals surface area contributed by atoms with Crippen LogP contribution in [0.2, 0.25) is 0 Å². The quantitative estimate of drug-likeness (QED) is 0.759. The van der Waals surface area contributed by atoms with Crippen molar-refractivity contribution in [3.63, 3.8) is 0 Å². The van der Waals surface area contributed by atoms with Crippen molar-refractivity contribution in [3.05, 3.63) is 73.1 Å². The Morgan fingerprint density at radius 1 is 0.900 bits per heavy atom. The second kappa shape index (κ2) is 6.80. The van der Waals surface area contributed by atoms with Crippen LogP contribution in [0.25, 0.3) is 0 Å². The first kappa shape index (κ1) is 14.2. The molecule has 0 aromatic heterocycles. The molecule has 104 valence electrons. The number of benzene rings is 2. The van der Waals surface area contributed by atoms with Gasteiger partial charge in [0.1, 0.15) is 5.82 Å². The van der Waals surface area contributed by atoms with E-state index >= 15 is 0 Å². The number of nitrogens with zero attached hydrogens (tertiary/aromatic N) is 2. The van der Waals surface area contributed by atoms with Crippen LogP contribution in [0.4, 0.5) is 11.4 Å². The third-order valence-electron chi connectivity index (χ3n) is 3.36. The van der Waals surface area contributed by atoms with Crippen LogP contribution < -0.4 is 9.80 Å². The fraction of sp³-hybridized carbons (Fsp3) is 0.222. The van der Waals surface area contributed by atoms with Crippen LogP contribution in [0, 0.1) is 0 Å². The first-order valence-electron chi connectivity index (χ1n) is 7.04. The van der Waals surface area contributed by atoms with Gasteiger partial charge in [-0.05, 0) is 30.7 Å². The SMILES string of the molecule is C=C(N(C)c1ccccc1)N(CCC)c1ccccc1. The van der Waals surface area contributed by atoms with E-state index in [4.69, 9.17) is 0 Å². The molecule has 0 spiro atoms. The zero-order valence-electron chi connectivity index (χ0n) is 12.3. The van der Waals surface area contributed by atoms with Gasteiger partial charge in [-0.25, -0.2) is 0 Å². The van der Waals surface area contributed by atoms with Crippen LogP contribution >= 0.6 is 0 Å². The third kappa shape index (κ3) is 3.21. The van der Waals surface area contributed by atoms with Crippen LogP contribution in [0.1, 0.15) is 13.3 Å². The Balaban J connectivity index is 2.24. The van der Waals surface area contributed by atoms with E-state index in [-0.39, 0.29) is 0 Å². The van der Waals surface area contributed by atoms with Crippen LogP contribution in [0.3, 0.4) is 0 Å². The smallest absolute Gasteiger partial charge is 0.105 e. The summed E-state index contributed by atoms with van der Waals surface area (Å²) in [5, 5.41) is 0. The van der Waals surface area contributed by atoms with Crippen molar-refractivity contribution in [2.24, 2.45) is 0 Å². The van der Waals surface area contributed by atoms with E-state index in [1.807, 2.05) is 24.3 Å². The summed E-state index contributed by atoms with van der Waals surface area (Å²) in [5.74, 6) is 0.990. The first-order chi connectivity index (χ1) is 9.74. The molecular formula is C18H22N2. The molecule has 0 atom stereocenters. The van der Waals surface area contributed by atoms with Crippen LogP contribution in [0.15, 0.2) is 73.1 Å². The van der Waals surface area contributed by atoms with Gasteiger partial charge in [0.05, 0.1) is 0 Å². The van der Waals surface area contributed by atoms with Crippen LogP contribution in [-0.4, -0.2) is 13.6 Å². The Morgan fingerprint density at radius 3 is 1.90 bits per heavy atom. The summed E-state index contributed by atoms with van der Waals surface area (Å²) in [7, 11) is 2.06. The predicted octanol–water partition coefficient (Wildman–Crippen LogP) is 4.51. The second-order valence-electron chi connectivity index (χ2n) is 4.80. The molecule has 20 heavy (non-hydrogen) atoms. The number of anilines is 2. The molecule has 2 aromatic rings. The van der Waals surface area contributed by atoms with Gasteiger partial charge >= 0.3 is 0 Å². The lowest BCUT2D eigenvalue weighted by atomic mass is 10.2. The molecule has 0 aliphatic carbocycles. The summed E-state index contributed by atoms with van der Waals surface area (Å²) in [4.78, 5) is 4.38. The van der Waals surface area contributed by atoms with Gasteiger partial charge in [0, 0.05) is 25.0 Å². The lowest BCUT2D eigenvalue weighted by molar-refractivity contribution is 0.823. The maximum absolute atomic E-state index is 4.28. The highest BCUT2D eigenvalue weighted by atomic mass is 15.3. The zero-order valence-corrected chi connectivity index (χ0v) is 12.3. The Morgan fingerprint density at radius 2 is 1.40 bits per heavy atom. The normalized spacial score (nSPS) is 10.1. The van der Waals surface area contributed by atoms with Gasteiger partial charge in [-0.1, -0.05) is 49.9 Å². The summed E-state index contributed by atoms with van der Waals surface area (Å²) < 4.78 is 0. The molecule has 0 amide bonds. The summed E-state index contributed by atoms with van der Waals surface area (Å²) in [6, 6.07) is 20.7. The lowest BCUT2D eigenvalue weighted by Gasteiger charge is -2.33. The molecule has 0 aliphatic heterocycles. The van der Waals surface area contributed by atoms with Crippen LogP contribution in [0.5, 0.6) is 0 Å². The maximum Gasteiger partial charge on any atom is 0.105 e. The minimum Gasteiger partial charge on any atom is -0.331 e. The van der Waals surface area contributed by atoms with Crippen molar-refractivity contribution in [1.82, 2.24) is 0 Å². The van der Waals surface area contributed by atoms with E-state index < -0.39 is 0 Å². The second-order valence-corrected chi connectivity index (χ2v) is 4.80. The van der Waals surface area contributed by atoms with E-state index in [0.29, 0.717) is 0 Å². The van der Waals surface area contributed by atoms with Crippen molar-refractivity contribution in [2.75, 3.05) is 23.4 Å². The molecule has 0 heterocycles. The average Bonchev–Trinajstić information content (AvgIpc) is 2.53. The van der Waals surface area contributed by atoms with E-state index in [9.17, 15) is 0 Å². The summed E-state index contributed by atoms with van der Waals surface area (Å²) in [5.41, 5.74) is 2.33. The zero-order chi connectivity index (χ0) is 14.4. The summed E-state index contributed by atoms with van der Waals surface area (Å²) in [6.07, 6.45) is 1.08. The molecule has 2 heteroatoms. The van der Waals surface area contributed by atoms with Gasteiger partial charge in [-0.15, -0.1) is 0 Å². The largest absolute Gasteiger partial charge is 0.331 e. The van der Waals surface area contributed by atoms with E-state index in [0.717, 1.165) is 24.5 Å². The minimum absolute atomic E-state index is 0.958. The molecule has 0 unspecified atom stereocenters. The highest BCUT2D eigenvalue weighted by molar-refractivity contribution is 5.59. The first-order valence-corrected chi connectivity index (χ1v) is 7.04. The Hall–Kier alpha value is -2.22. The molecule has 2 nitrogen and oxygen atoms in total. The number of hydrogen-bond donors (Lipinski definition) is 0. The van der Waals surface area contributed by atoms with E-state index in [1.165, 1.54) is 5.69 Å². The van der Waals surface area contributed by atoms with Crippen molar-refractivity contribution < 1.29 is 0 Å². The van der Waals surface area contributed by atoms with Crippen LogP contribution in [-0.2, 0) is 0 Å². The number of rotatable bonds is 6. The molecule has 0 radical (unpaired) electrons. The number of para-hydroxylation sites is 2. The molecule has 0 bridgehead atoms. The van der Waals surface area contributed by atoms with E-state index in [1.54, 1.807) is 0 Å². The third-order valence-corrected chi connectivity index (χ3v) is 3.36. The monoisotopic (exact) mass is 266 g/mol. The maximum atomic E-state index is 4.28. The van der Waals surface area contributed by atoms with Crippen molar-refractivity contribution in [2.45, 2.75) is 13.3 Å². The molecular weight excluding hydrogens is 244 g/mol. The average molecular weight is 266 g/mol. The molecule has 0 saturated heterocycles. The molecule has 0 fully saturated rings. The van der Waals surface area contributed by atoms with Gasteiger partial charge in [0.25, 0.3) is 0 Å². The topological polar surface area (TPSA) is 6.48 Å². The highest BCUT2D eigenvalue weighted by Gasteiger charge is 2.13. The Bertz CT molecular complexity index is 534. The molecule has 0 aliphatic rings. The van der Waals surface area contributed by atoms with Gasteiger partial charge in [-0.3, -0.25) is 0 Å². The minimum atomic E-state index is 0.958. The lowest BCUT2D eigenvalue weighted by Crippen LogP contribution is -2.33. The standard InChI is InChI=1S/C18H22N2/c1-4-15-20(18-13-9-6-10-14-18)16(2)19(3)17-11-7-5-8-12-17/h5-14H,2,4,15H2,1,3H3. The molecule has 0 saturated carbocycles. The van der Waals surface area contributed by atoms with Gasteiger partial charge in [0.2, 0.25) is 0 Å². The van der Waals surface area contributed by atoms with Gasteiger partial charge in [0.15, 0.2) is 0 Å². The van der Waals surface area contributed by atoms with E-state index in [2.05, 4.69) is 66.7 Å². The Kier molecular flexibility index (Phi) is 4.83. The highest BCUT2D eigenvalue weighted by Crippen LogP contribution is 2.23.